The molecule has 0 saturated heterocycles. The fourth-order valence-electron chi connectivity index (χ4n) is 1.15. The zero-order valence-corrected chi connectivity index (χ0v) is 9.99. The van der Waals surface area contributed by atoms with Gasteiger partial charge >= 0.3 is 0 Å². The van der Waals surface area contributed by atoms with E-state index in [0.29, 0.717) is 10.0 Å². The Morgan fingerprint density at radius 3 is 2.57 bits per heavy atom. The molecule has 0 amide bonds. The number of aromatic amines is 1. The molecule has 0 aliphatic heterocycles. The molecule has 2 rings (SSSR count). The summed E-state index contributed by atoms with van der Waals surface area (Å²) in [7, 11) is 0. The second-order valence-corrected chi connectivity index (χ2v) is 4.45. The lowest BCUT2D eigenvalue weighted by molar-refractivity contribution is 1.10. The molecule has 1 aromatic heterocycles. The maximum atomic E-state index is 6.06. The Morgan fingerprint density at radius 2 is 2.00 bits per heavy atom. The third-order valence-electron chi connectivity index (χ3n) is 1.79. The molecule has 1 N–H and O–H groups in total. The Kier molecular flexibility index (Phi) is 2.81. The molecule has 0 aliphatic rings. The molecule has 2 nitrogen and oxygen atoms in total. The van der Waals surface area contributed by atoms with Crippen LogP contribution in [0.25, 0.3) is 11.3 Å². The summed E-state index contributed by atoms with van der Waals surface area (Å²) >= 11 is 15.3. The van der Waals surface area contributed by atoms with E-state index in [1.807, 2.05) is 18.2 Å². The Labute approximate surface area is 99.4 Å². The van der Waals surface area contributed by atoms with Crippen molar-refractivity contribution in [1.29, 1.82) is 0 Å². The van der Waals surface area contributed by atoms with Crippen molar-refractivity contribution in [1.82, 2.24) is 10.2 Å². The third kappa shape index (κ3) is 1.80. The lowest BCUT2D eigenvalue weighted by Gasteiger charge is -2.02. The van der Waals surface area contributed by atoms with Crippen LogP contribution in [0, 0.1) is 0 Å². The van der Waals surface area contributed by atoms with Crippen LogP contribution < -0.4 is 0 Å². The molecule has 1 heterocycles. The van der Waals surface area contributed by atoms with E-state index in [4.69, 9.17) is 23.2 Å². The highest BCUT2D eigenvalue weighted by Gasteiger charge is 2.09. The maximum absolute atomic E-state index is 6.06. The van der Waals surface area contributed by atoms with Crippen molar-refractivity contribution >= 4 is 39.1 Å². The van der Waals surface area contributed by atoms with Crippen LogP contribution >= 0.6 is 39.1 Å². The molecule has 72 valence electrons. The van der Waals surface area contributed by atoms with Gasteiger partial charge in [-0.25, -0.2) is 0 Å². The number of hydrogen-bond acceptors (Lipinski definition) is 1. The first kappa shape index (κ1) is 10.0. The number of nitrogens with one attached hydrogen (secondary N) is 1. The molecule has 5 heteroatoms. The van der Waals surface area contributed by atoms with Crippen LogP contribution in [0.15, 0.2) is 28.9 Å². The van der Waals surface area contributed by atoms with Gasteiger partial charge in [0.2, 0.25) is 0 Å². The first-order valence-electron chi connectivity index (χ1n) is 3.83. The third-order valence-corrected chi connectivity index (χ3v) is 2.89. The molecule has 0 saturated carbocycles. The van der Waals surface area contributed by atoms with Crippen molar-refractivity contribution in [2.75, 3.05) is 0 Å². The van der Waals surface area contributed by atoms with Crippen molar-refractivity contribution < 1.29 is 0 Å². The first-order chi connectivity index (χ1) is 6.68. The highest BCUT2D eigenvalue weighted by atomic mass is 79.9. The quantitative estimate of drug-likeness (QED) is 0.840. The monoisotopic (exact) mass is 290 g/mol. The minimum absolute atomic E-state index is 0.564. The molecule has 0 radical (unpaired) electrons. The molecule has 0 atom stereocenters. The van der Waals surface area contributed by atoms with Crippen LogP contribution in [0.3, 0.4) is 0 Å². The Hall–Kier alpha value is -0.510. The van der Waals surface area contributed by atoms with E-state index >= 15 is 0 Å². The molecule has 0 spiro atoms. The summed E-state index contributed by atoms with van der Waals surface area (Å²) in [6.07, 6.45) is 1.55. The summed E-state index contributed by atoms with van der Waals surface area (Å²) in [5.41, 5.74) is 1.58. The van der Waals surface area contributed by atoms with E-state index in [1.165, 1.54) is 0 Å². The second-order valence-electron chi connectivity index (χ2n) is 2.72. The predicted molar refractivity (Wildman–Crippen MR) is 61.7 cm³/mol. The average molecular weight is 292 g/mol. The van der Waals surface area contributed by atoms with Gasteiger partial charge in [0.25, 0.3) is 0 Å². The van der Waals surface area contributed by atoms with Crippen LogP contribution in [0.2, 0.25) is 10.0 Å². The van der Waals surface area contributed by atoms with Gasteiger partial charge in [0, 0.05) is 10.0 Å². The number of rotatable bonds is 1. The second kappa shape index (κ2) is 3.93. The van der Waals surface area contributed by atoms with Crippen LogP contribution in [0.1, 0.15) is 0 Å². The van der Waals surface area contributed by atoms with Crippen LogP contribution in [-0.4, -0.2) is 10.2 Å². The minimum Gasteiger partial charge on any atom is -0.276 e. The van der Waals surface area contributed by atoms with Gasteiger partial charge in [-0.05, 0) is 12.1 Å². The topological polar surface area (TPSA) is 28.7 Å². The van der Waals surface area contributed by atoms with E-state index in [0.717, 1.165) is 15.7 Å². The summed E-state index contributed by atoms with van der Waals surface area (Å²) in [5, 5.41) is 7.83. The molecule has 0 fully saturated rings. The van der Waals surface area contributed by atoms with Gasteiger partial charge in [-0.15, -0.1) is 0 Å². The molecular weight excluding hydrogens is 287 g/mol. The molecule has 2 aromatic rings. The molecule has 14 heavy (non-hydrogen) atoms. The smallest absolute Gasteiger partial charge is 0.0863 e. The number of H-pyrrole nitrogens is 1. The molecule has 0 bridgehead atoms. The number of aromatic nitrogens is 2. The summed E-state index contributed by atoms with van der Waals surface area (Å²) in [4.78, 5) is 0. The van der Waals surface area contributed by atoms with E-state index in [2.05, 4.69) is 26.1 Å². The number of benzene rings is 1. The fraction of sp³-hybridized carbons (Fsp3) is 0. The van der Waals surface area contributed by atoms with Gasteiger partial charge in [0.15, 0.2) is 0 Å². The van der Waals surface area contributed by atoms with Crippen molar-refractivity contribution in [2.45, 2.75) is 0 Å². The van der Waals surface area contributed by atoms with Gasteiger partial charge < -0.3 is 0 Å². The number of halogens is 3. The van der Waals surface area contributed by atoms with Gasteiger partial charge in [-0.2, -0.15) is 5.10 Å². The van der Waals surface area contributed by atoms with Crippen molar-refractivity contribution in [3.63, 3.8) is 0 Å². The summed E-state index contributed by atoms with van der Waals surface area (Å²) in [6.45, 7) is 0. The zero-order valence-electron chi connectivity index (χ0n) is 6.89. The lowest BCUT2D eigenvalue weighted by atomic mass is 10.1. The van der Waals surface area contributed by atoms with E-state index < -0.39 is 0 Å². The molecule has 0 unspecified atom stereocenters. The average Bonchev–Trinajstić information content (AvgIpc) is 2.52. The highest BCUT2D eigenvalue weighted by molar-refractivity contribution is 9.10. The predicted octanol–water partition coefficient (Wildman–Crippen LogP) is 4.15. The first-order valence-corrected chi connectivity index (χ1v) is 5.37. The molecule has 0 aliphatic carbocycles. The van der Waals surface area contributed by atoms with Gasteiger partial charge in [-0.3, -0.25) is 5.10 Å². The Bertz CT molecular complexity index is 468. The number of nitrogens with zero attached hydrogens (tertiary/aromatic N) is 1. The zero-order chi connectivity index (χ0) is 10.1. The molecular formula is C9H5BrCl2N2. The fourth-order valence-corrected chi connectivity index (χ4v) is 2.11. The molecule has 1 aromatic carbocycles. The van der Waals surface area contributed by atoms with Gasteiger partial charge in [0.1, 0.15) is 0 Å². The van der Waals surface area contributed by atoms with E-state index in [9.17, 15) is 0 Å². The van der Waals surface area contributed by atoms with Crippen LogP contribution in [0.5, 0.6) is 0 Å². The Morgan fingerprint density at radius 1 is 1.21 bits per heavy atom. The Balaban J connectivity index is 2.58. The SMILES string of the molecule is Clc1cc(Br)ccc1-c1[nH]ncc1Cl. The highest BCUT2D eigenvalue weighted by Crippen LogP contribution is 2.32. The standard InChI is InChI=1S/C9H5BrCl2N2/c10-5-1-2-6(7(11)3-5)9-8(12)4-13-14-9/h1-4H,(H,13,14). The lowest BCUT2D eigenvalue weighted by Crippen LogP contribution is -1.81. The normalized spacial score (nSPS) is 10.5. The van der Waals surface area contributed by atoms with E-state index in [-0.39, 0.29) is 0 Å². The van der Waals surface area contributed by atoms with Crippen LogP contribution in [-0.2, 0) is 0 Å². The summed E-state index contributed by atoms with van der Waals surface area (Å²) < 4.78 is 0.932. The largest absolute Gasteiger partial charge is 0.276 e. The van der Waals surface area contributed by atoms with Crippen molar-refractivity contribution in [3.8, 4) is 11.3 Å². The van der Waals surface area contributed by atoms with E-state index in [1.54, 1.807) is 6.20 Å². The van der Waals surface area contributed by atoms with Gasteiger partial charge in [0.05, 0.1) is 21.9 Å². The van der Waals surface area contributed by atoms with Crippen molar-refractivity contribution in [2.24, 2.45) is 0 Å². The summed E-state index contributed by atoms with van der Waals surface area (Å²) in [5.74, 6) is 0. The number of hydrogen-bond donors (Lipinski definition) is 1. The van der Waals surface area contributed by atoms with Crippen molar-refractivity contribution in [3.05, 3.63) is 38.9 Å². The minimum atomic E-state index is 0.564. The van der Waals surface area contributed by atoms with Crippen LogP contribution in [0.4, 0.5) is 0 Å². The maximum Gasteiger partial charge on any atom is 0.0863 e. The van der Waals surface area contributed by atoms with Gasteiger partial charge in [-0.1, -0.05) is 45.2 Å². The summed E-state index contributed by atoms with van der Waals surface area (Å²) in [6, 6.07) is 5.60.